The van der Waals surface area contributed by atoms with Gasteiger partial charge in [-0.15, -0.1) is 0 Å². The molecule has 1 heterocycles. The molecule has 1 aliphatic rings. The van der Waals surface area contributed by atoms with Crippen molar-refractivity contribution in [3.05, 3.63) is 92.0 Å². The Kier molecular flexibility index (Phi) is 11.9. The normalized spacial score (nSPS) is 14.8. The lowest BCUT2D eigenvalue weighted by Crippen LogP contribution is -2.42. The number of hydrogen-bond acceptors (Lipinski definition) is 11. The summed E-state index contributed by atoms with van der Waals surface area (Å²) >= 11 is 0. The van der Waals surface area contributed by atoms with Crippen LogP contribution in [0.3, 0.4) is 0 Å². The maximum absolute atomic E-state index is 13.2. The van der Waals surface area contributed by atoms with E-state index in [0.717, 1.165) is 0 Å². The van der Waals surface area contributed by atoms with Gasteiger partial charge in [-0.05, 0) is 45.7 Å². The van der Waals surface area contributed by atoms with Crippen molar-refractivity contribution in [1.29, 1.82) is 0 Å². The fourth-order valence-corrected chi connectivity index (χ4v) is 4.56. The second-order valence-electron chi connectivity index (χ2n) is 10.4. The lowest BCUT2D eigenvalue weighted by atomic mass is 9.97. The Morgan fingerprint density at radius 1 is 0.864 bits per heavy atom. The predicted octanol–water partition coefficient (Wildman–Crippen LogP) is 4.90. The standard InChI is InChI=1S/C30H35N3O11/c1-19(2)28(34)42-20(3)17-41-18-21(4)43-29(35)22-13-15-31(16-14-22)30(36)44-27(23-9-5-7-11-25(23)32(37)38)24-10-6-8-12-26(24)33(39)40/h5-12,20-22,27H,1,13-18H2,2-4H3. The number of hydrogen-bond donors (Lipinski definition) is 0. The summed E-state index contributed by atoms with van der Waals surface area (Å²) in [5.41, 5.74) is -0.467. The van der Waals surface area contributed by atoms with Gasteiger partial charge < -0.3 is 23.8 Å². The van der Waals surface area contributed by atoms with E-state index in [1.54, 1.807) is 20.8 Å². The van der Waals surface area contributed by atoms with Crippen LogP contribution in [0.5, 0.6) is 0 Å². The zero-order valence-corrected chi connectivity index (χ0v) is 24.7. The average molecular weight is 614 g/mol. The molecule has 1 amide bonds. The molecular formula is C30H35N3O11. The minimum absolute atomic E-state index is 0.0156. The second kappa shape index (κ2) is 15.6. The Morgan fingerprint density at radius 2 is 1.34 bits per heavy atom. The lowest BCUT2D eigenvalue weighted by Gasteiger charge is -2.32. The van der Waals surface area contributed by atoms with Gasteiger partial charge >= 0.3 is 18.0 Å². The molecule has 0 aromatic heterocycles. The quantitative estimate of drug-likeness (QED) is 0.0987. The van der Waals surface area contributed by atoms with Crippen molar-refractivity contribution in [2.24, 2.45) is 5.92 Å². The van der Waals surface area contributed by atoms with Gasteiger partial charge in [0.2, 0.25) is 0 Å². The molecule has 1 fully saturated rings. The van der Waals surface area contributed by atoms with Crippen LogP contribution in [0.2, 0.25) is 0 Å². The first kappa shape index (κ1) is 33.6. The summed E-state index contributed by atoms with van der Waals surface area (Å²) < 4.78 is 21.8. The smallest absolute Gasteiger partial charge is 0.410 e. The van der Waals surface area contributed by atoms with Crippen LogP contribution in [-0.2, 0) is 28.5 Å². The Balaban J connectivity index is 1.59. The van der Waals surface area contributed by atoms with Gasteiger partial charge in [0.1, 0.15) is 12.2 Å². The van der Waals surface area contributed by atoms with Crippen molar-refractivity contribution < 1.29 is 43.2 Å². The first-order valence-corrected chi connectivity index (χ1v) is 14.0. The number of likely N-dealkylation sites (tertiary alicyclic amines) is 1. The van der Waals surface area contributed by atoms with Crippen molar-refractivity contribution >= 4 is 29.4 Å². The summed E-state index contributed by atoms with van der Waals surface area (Å²) in [5.74, 6) is -1.46. The maximum Gasteiger partial charge on any atom is 0.410 e. The number of esters is 2. The third kappa shape index (κ3) is 9.07. The monoisotopic (exact) mass is 613 g/mol. The zero-order valence-electron chi connectivity index (χ0n) is 24.7. The number of amides is 1. The van der Waals surface area contributed by atoms with Gasteiger partial charge in [0.15, 0.2) is 6.10 Å². The summed E-state index contributed by atoms with van der Waals surface area (Å²) in [6.45, 7) is 8.86. The molecule has 236 valence electrons. The molecule has 0 N–H and O–H groups in total. The van der Waals surface area contributed by atoms with E-state index in [9.17, 15) is 34.6 Å². The van der Waals surface area contributed by atoms with Gasteiger partial charge in [0.05, 0.1) is 40.1 Å². The number of nitro benzene ring substituents is 2. The third-order valence-electron chi connectivity index (χ3n) is 6.82. The van der Waals surface area contributed by atoms with Gasteiger partial charge in [-0.1, -0.05) is 30.8 Å². The van der Waals surface area contributed by atoms with E-state index in [1.807, 2.05) is 0 Å². The Bertz CT molecular complexity index is 1330. The summed E-state index contributed by atoms with van der Waals surface area (Å²) in [5, 5.41) is 23.5. The molecule has 0 spiro atoms. The third-order valence-corrected chi connectivity index (χ3v) is 6.82. The SMILES string of the molecule is C=C(C)C(=O)OC(C)COCC(C)OC(=O)C1CCN(C(=O)OC(c2ccccc2[N+](=O)[O-])c2ccccc2[N+](=O)[O-])CC1. The highest BCUT2D eigenvalue weighted by atomic mass is 16.6. The first-order valence-electron chi connectivity index (χ1n) is 14.0. The average Bonchev–Trinajstić information content (AvgIpc) is 2.99. The molecule has 0 bridgehead atoms. The second-order valence-corrected chi connectivity index (χ2v) is 10.4. The zero-order chi connectivity index (χ0) is 32.4. The Labute approximate surface area is 253 Å². The van der Waals surface area contributed by atoms with Crippen molar-refractivity contribution in [3.63, 3.8) is 0 Å². The maximum atomic E-state index is 13.2. The van der Waals surface area contributed by atoms with Crippen LogP contribution in [0.4, 0.5) is 16.2 Å². The number of nitro groups is 2. The molecule has 14 heteroatoms. The fraction of sp³-hybridized carbons (Fsp3) is 0.433. The number of benzene rings is 2. The molecule has 1 saturated heterocycles. The van der Waals surface area contributed by atoms with Crippen LogP contribution >= 0.6 is 0 Å². The first-order chi connectivity index (χ1) is 20.9. The number of carbonyl (C=O) groups excluding carboxylic acids is 3. The van der Waals surface area contributed by atoms with Gasteiger partial charge in [-0.2, -0.15) is 0 Å². The van der Waals surface area contributed by atoms with E-state index in [1.165, 1.54) is 53.4 Å². The molecule has 2 unspecified atom stereocenters. The van der Waals surface area contributed by atoms with E-state index in [-0.39, 0.29) is 67.2 Å². The van der Waals surface area contributed by atoms with Gasteiger partial charge in [0, 0.05) is 30.8 Å². The molecule has 2 aromatic carbocycles. The van der Waals surface area contributed by atoms with Crippen molar-refractivity contribution in [3.8, 4) is 0 Å². The number of carbonyl (C=O) groups is 3. The van der Waals surface area contributed by atoms with Gasteiger partial charge in [-0.3, -0.25) is 25.0 Å². The van der Waals surface area contributed by atoms with E-state index in [0.29, 0.717) is 0 Å². The van der Waals surface area contributed by atoms with Gasteiger partial charge in [-0.25, -0.2) is 9.59 Å². The number of rotatable bonds is 13. The van der Waals surface area contributed by atoms with Crippen LogP contribution in [0.15, 0.2) is 60.7 Å². The Hall–Kier alpha value is -4.85. The van der Waals surface area contributed by atoms with Crippen LogP contribution < -0.4 is 0 Å². The molecule has 1 aliphatic heterocycles. The van der Waals surface area contributed by atoms with Crippen molar-refractivity contribution in [1.82, 2.24) is 4.90 Å². The van der Waals surface area contributed by atoms with Crippen LogP contribution in [0.1, 0.15) is 50.8 Å². The van der Waals surface area contributed by atoms with Crippen molar-refractivity contribution in [2.45, 2.75) is 51.9 Å². The summed E-state index contributed by atoms with van der Waals surface area (Å²) in [6, 6.07) is 11.1. The largest absolute Gasteiger partial charge is 0.460 e. The van der Waals surface area contributed by atoms with E-state index in [4.69, 9.17) is 18.9 Å². The fourth-order valence-electron chi connectivity index (χ4n) is 4.56. The Morgan fingerprint density at radius 3 is 1.82 bits per heavy atom. The highest BCUT2D eigenvalue weighted by molar-refractivity contribution is 5.87. The number of nitrogens with zero attached hydrogens (tertiary/aromatic N) is 3. The highest BCUT2D eigenvalue weighted by Gasteiger charge is 2.35. The molecule has 2 aromatic rings. The number of ether oxygens (including phenoxy) is 4. The molecule has 14 nitrogen and oxygen atoms in total. The molecular weight excluding hydrogens is 578 g/mol. The summed E-state index contributed by atoms with van der Waals surface area (Å²) in [7, 11) is 0. The highest BCUT2D eigenvalue weighted by Crippen LogP contribution is 2.37. The summed E-state index contributed by atoms with van der Waals surface area (Å²) in [6.07, 6.45) is -2.79. The van der Waals surface area contributed by atoms with E-state index >= 15 is 0 Å². The van der Waals surface area contributed by atoms with Gasteiger partial charge in [0.25, 0.3) is 11.4 Å². The van der Waals surface area contributed by atoms with Crippen LogP contribution in [0.25, 0.3) is 0 Å². The molecule has 0 saturated carbocycles. The predicted molar refractivity (Wildman–Crippen MR) is 156 cm³/mol. The number of para-hydroxylation sites is 2. The molecule has 0 aliphatic carbocycles. The molecule has 44 heavy (non-hydrogen) atoms. The number of piperidine rings is 1. The lowest BCUT2D eigenvalue weighted by molar-refractivity contribution is -0.387. The van der Waals surface area contributed by atoms with Crippen LogP contribution in [-0.4, -0.2) is 71.3 Å². The van der Waals surface area contributed by atoms with Crippen LogP contribution in [0, 0.1) is 26.1 Å². The minimum Gasteiger partial charge on any atom is -0.460 e. The molecule has 2 atom stereocenters. The van der Waals surface area contributed by atoms with E-state index < -0.39 is 52.1 Å². The molecule has 0 radical (unpaired) electrons. The summed E-state index contributed by atoms with van der Waals surface area (Å²) in [4.78, 5) is 61.1. The van der Waals surface area contributed by atoms with E-state index in [2.05, 4.69) is 6.58 Å². The minimum atomic E-state index is -1.43. The topological polar surface area (TPSA) is 178 Å². The molecule has 3 rings (SSSR count). The van der Waals surface area contributed by atoms with Crippen molar-refractivity contribution in [2.75, 3.05) is 26.3 Å².